The topological polar surface area (TPSA) is 63.9 Å². The number of hydrogen-bond donors (Lipinski definition) is 0. The summed E-state index contributed by atoms with van der Waals surface area (Å²) in [4.78, 5) is 23.2. The highest BCUT2D eigenvalue weighted by atomic mass is 16.1. The largest absolute Gasteiger partial charge is 0.355 e. The van der Waals surface area contributed by atoms with Gasteiger partial charge in [0.1, 0.15) is 5.82 Å². The van der Waals surface area contributed by atoms with Crippen molar-refractivity contribution in [3.05, 3.63) is 46.3 Å². The molecule has 25 heavy (non-hydrogen) atoms. The number of rotatable bonds is 3. The molecule has 134 valence electrons. The lowest BCUT2D eigenvalue weighted by Gasteiger charge is -2.32. The molecule has 1 fully saturated rings. The van der Waals surface area contributed by atoms with Crippen molar-refractivity contribution in [1.29, 1.82) is 0 Å². The van der Waals surface area contributed by atoms with Gasteiger partial charge in [0.05, 0.1) is 17.6 Å². The van der Waals surface area contributed by atoms with Crippen LogP contribution in [0, 0.1) is 12.8 Å². The maximum Gasteiger partial charge on any atom is 0.266 e. The Morgan fingerprint density at radius 1 is 1.16 bits per heavy atom. The fourth-order valence-corrected chi connectivity index (χ4v) is 3.17. The first kappa shape index (κ1) is 17.6. The van der Waals surface area contributed by atoms with E-state index in [4.69, 9.17) is 0 Å². The van der Waals surface area contributed by atoms with Crippen molar-refractivity contribution in [3.63, 3.8) is 0 Å². The number of nitrogens with zero attached hydrogens (tertiary/aromatic N) is 5. The molecule has 0 saturated carbocycles. The quantitative estimate of drug-likeness (QED) is 0.858. The summed E-state index contributed by atoms with van der Waals surface area (Å²) >= 11 is 0. The third kappa shape index (κ3) is 4.24. The molecule has 0 unspecified atom stereocenters. The lowest BCUT2D eigenvalue weighted by molar-refractivity contribution is 0.329. The minimum atomic E-state index is -0.0529. The van der Waals surface area contributed by atoms with Gasteiger partial charge in [-0.15, -0.1) is 0 Å². The molecule has 0 spiro atoms. The van der Waals surface area contributed by atoms with E-state index in [2.05, 4.69) is 40.7 Å². The van der Waals surface area contributed by atoms with Crippen LogP contribution in [0.25, 0.3) is 0 Å². The second kappa shape index (κ2) is 6.94. The number of hydrogen-bond acceptors (Lipinski definition) is 5. The standard InChI is InChI=1S/C19H27N5O/c1-14-11-20-12-17(21-14)23-9-7-15(8-10-23)13-24-18(25)6-5-16(22-24)19(2,3)4/h5-6,11-12,15H,7-10,13H2,1-4H3. The van der Waals surface area contributed by atoms with Crippen LogP contribution in [-0.4, -0.2) is 32.8 Å². The van der Waals surface area contributed by atoms with Gasteiger partial charge in [0, 0.05) is 37.3 Å². The Hall–Kier alpha value is -2.24. The van der Waals surface area contributed by atoms with Gasteiger partial charge in [-0.3, -0.25) is 9.78 Å². The molecule has 1 aliphatic heterocycles. The van der Waals surface area contributed by atoms with Crippen LogP contribution < -0.4 is 10.5 Å². The highest BCUT2D eigenvalue weighted by Gasteiger charge is 2.22. The molecule has 0 N–H and O–H groups in total. The van der Waals surface area contributed by atoms with Gasteiger partial charge in [-0.2, -0.15) is 5.10 Å². The minimum absolute atomic E-state index is 0.0139. The van der Waals surface area contributed by atoms with Gasteiger partial charge >= 0.3 is 0 Å². The summed E-state index contributed by atoms with van der Waals surface area (Å²) in [5.74, 6) is 1.41. The van der Waals surface area contributed by atoms with E-state index in [9.17, 15) is 4.79 Å². The monoisotopic (exact) mass is 341 g/mol. The van der Waals surface area contributed by atoms with E-state index < -0.39 is 0 Å². The Kier molecular flexibility index (Phi) is 4.88. The van der Waals surface area contributed by atoms with Crippen LogP contribution in [0.5, 0.6) is 0 Å². The third-order valence-electron chi connectivity index (χ3n) is 4.75. The molecule has 6 nitrogen and oxygen atoms in total. The summed E-state index contributed by atoms with van der Waals surface area (Å²) in [6.07, 6.45) is 5.66. The van der Waals surface area contributed by atoms with Gasteiger partial charge in [0.2, 0.25) is 0 Å². The molecule has 1 saturated heterocycles. The van der Waals surface area contributed by atoms with Gasteiger partial charge in [0.15, 0.2) is 0 Å². The van der Waals surface area contributed by atoms with Crippen LogP contribution in [-0.2, 0) is 12.0 Å². The summed E-state index contributed by atoms with van der Waals surface area (Å²) < 4.78 is 1.65. The summed E-state index contributed by atoms with van der Waals surface area (Å²) in [6.45, 7) is 10.9. The van der Waals surface area contributed by atoms with E-state index in [1.165, 1.54) is 0 Å². The van der Waals surface area contributed by atoms with Crippen molar-refractivity contribution in [1.82, 2.24) is 19.7 Å². The van der Waals surface area contributed by atoms with Crippen molar-refractivity contribution in [2.24, 2.45) is 5.92 Å². The van der Waals surface area contributed by atoms with Crippen molar-refractivity contribution in [2.75, 3.05) is 18.0 Å². The van der Waals surface area contributed by atoms with Gasteiger partial charge in [-0.05, 0) is 31.7 Å². The van der Waals surface area contributed by atoms with E-state index in [1.54, 1.807) is 16.9 Å². The number of piperidine rings is 1. The van der Waals surface area contributed by atoms with E-state index in [0.29, 0.717) is 12.5 Å². The fraction of sp³-hybridized carbons (Fsp3) is 0.579. The van der Waals surface area contributed by atoms with E-state index >= 15 is 0 Å². The van der Waals surface area contributed by atoms with Gasteiger partial charge in [-0.1, -0.05) is 20.8 Å². The smallest absolute Gasteiger partial charge is 0.266 e. The van der Waals surface area contributed by atoms with Crippen molar-refractivity contribution in [2.45, 2.75) is 52.5 Å². The predicted octanol–water partition coefficient (Wildman–Crippen LogP) is 2.56. The van der Waals surface area contributed by atoms with Crippen LogP contribution in [0.1, 0.15) is 45.0 Å². The zero-order valence-corrected chi connectivity index (χ0v) is 15.6. The molecular formula is C19H27N5O. The van der Waals surface area contributed by atoms with E-state index in [1.807, 2.05) is 19.2 Å². The first-order valence-electron chi connectivity index (χ1n) is 8.95. The van der Waals surface area contributed by atoms with Crippen molar-refractivity contribution >= 4 is 5.82 Å². The molecule has 0 amide bonds. The molecule has 0 bridgehead atoms. The minimum Gasteiger partial charge on any atom is -0.355 e. The Labute approximate surface area is 148 Å². The molecule has 0 radical (unpaired) electrons. The van der Waals surface area contributed by atoms with Crippen LogP contribution in [0.4, 0.5) is 5.82 Å². The maximum absolute atomic E-state index is 12.2. The maximum atomic E-state index is 12.2. The van der Waals surface area contributed by atoms with Crippen LogP contribution in [0.15, 0.2) is 29.3 Å². The molecule has 2 aromatic rings. The van der Waals surface area contributed by atoms with Crippen LogP contribution in [0.3, 0.4) is 0 Å². The normalized spacial score (nSPS) is 16.2. The van der Waals surface area contributed by atoms with Crippen LogP contribution >= 0.6 is 0 Å². The molecule has 6 heteroatoms. The second-order valence-electron chi connectivity index (χ2n) is 7.94. The lowest BCUT2D eigenvalue weighted by Crippen LogP contribution is -2.37. The number of anilines is 1. The molecule has 0 atom stereocenters. The summed E-state index contributed by atoms with van der Waals surface area (Å²) in [6, 6.07) is 3.49. The molecule has 0 aromatic carbocycles. The Balaban J connectivity index is 1.65. The van der Waals surface area contributed by atoms with Gasteiger partial charge in [-0.25, -0.2) is 9.67 Å². The summed E-state index contributed by atoms with van der Waals surface area (Å²) in [5, 5.41) is 4.59. The first-order valence-corrected chi connectivity index (χ1v) is 8.95. The first-order chi connectivity index (χ1) is 11.8. The van der Waals surface area contributed by atoms with Gasteiger partial charge < -0.3 is 4.90 Å². The molecule has 2 aromatic heterocycles. The Bertz CT molecular complexity index is 785. The van der Waals surface area contributed by atoms with E-state index in [0.717, 1.165) is 43.1 Å². The Morgan fingerprint density at radius 2 is 1.88 bits per heavy atom. The van der Waals surface area contributed by atoms with Gasteiger partial charge in [0.25, 0.3) is 5.56 Å². The predicted molar refractivity (Wildman–Crippen MR) is 98.9 cm³/mol. The zero-order valence-electron chi connectivity index (χ0n) is 15.6. The summed E-state index contributed by atoms with van der Waals surface area (Å²) in [7, 11) is 0. The molecule has 3 rings (SSSR count). The second-order valence-corrected chi connectivity index (χ2v) is 7.94. The summed E-state index contributed by atoms with van der Waals surface area (Å²) in [5.41, 5.74) is 1.83. The average molecular weight is 341 g/mol. The highest BCUT2D eigenvalue weighted by Crippen LogP contribution is 2.23. The van der Waals surface area contributed by atoms with Crippen molar-refractivity contribution < 1.29 is 0 Å². The van der Waals surface area contributed by atoms with E-state index in [-0.39, 0.29) is 11.0 Å². The van der Waals surface area contributed by atoms with Crippen LogP contribution in [0.2, 0.25) is 0 Å². The van der Waals surface area contributed by atoms with Crippen molar-refractivity contribution in [3.8, 4) is 0 Å². The molecule has 0 aliphatic carbocycles. The highest BCUT2D eigenvalue weighted by molar-refractivity contribution is 5.36. The molecule has 1 aliphatic rings. The average Bonchev–Trinajstić information content (AvgIpc) is 2.56. The third-order valence-corrected chi connectivity index (χ3v) is 4.75. The Morgan fingerprint density at radius 3 is 2.52 bits per heavy atom. The number of aryl methyl sites for hydroxylation is 1. The lowest BCUT2D eigenvalue weighted by atomic mass is 9.92. The fourth-order valence-electron chi connectivity index (χ4n) is 3.17. The zero-order chi connectivity index (χ0) is 18.0. The molecule has 3 heterocycles. The SMILES string of the molecule is Cc1cncc(N2CCC(Cn3nc(C(C)(C)C)ccc3=O)CC2)n1. The number of aromatic nitrogens is 4. The molecular weight excluding hydrogens is 314 g/mol.